The monoisotopic (exact) mass is 221 g/mol. The second kappa shape index (κ2) is 3.78. The van der Waals surface area contributed by atoms with Crippen molar-refractivity contribution in [1.29, 1.82) is 0 Å². The summed E-state index contributed by atoms with van der Waals surface area (Å²) in [6.45, 7) is 3.66. The first-order valence-electron chi connectivity index (χ1n) is 4.63. The molecule has 0 aliphatic rings. The standard InChI is InChI=1S/C9H11N5O2/c1-2-5(15)3-14-4-11-7-6(14)8(16)13-9(10)12-7/h2,4-5,15H,1,3H2,(H3,10,12,13,16). The second-order valence-corrected chi connectivity index (χ2v) is 3.32. The molecule has 16 heavy (non-hydrogen) atoms. The molecular weight excluding hydrogens is 210 g/mol. The van der Waals surface area contributed by atoms with Crippen LogP contribution in [0.15, 0.2) is 23.8 Å². The van der Waals surface area contributed by atoms with Gasteiger partial charge in [-0.15, -0.1) is 6.58 Å². The van der Waals surface area contributed by atoms with Crippen molar-refractivity contribution >= 4 is 17.1 Å². The second-order valence-electron chi connectivity index (χ2n) is 3.32. The number of aromatic nitrogens is 4. The van der Waals surface area contributed by atoms with Gasteiger partial charge >= 0.3 is 0 Å². The minimum absolute atomic E-state index is 0.0204. The van der Waals surface area contributed by atoms with E-state index in [9.17, 15) is 9.90 Å². The summed E-state index contributed by atoms with van der Waals surface area (Å²) in [4.78, 5) is 21.8. The lowest BCUT2D eigenvalue weighted by Crippen LogP contribution is -2.18. The third kappa shape index (κ3) is 1.68. The van der Waals surface area contributed by atoms with E-state index < -0.39 is 6.10 Å². The van der Waals surface area contributed by atoms with Crippen LogP contribution in [0.1, 0.15) is 0 Å². The van der Waals surface area contributed by atoms with Gasteiger partial charge in [-0.3, -0.25) is 9.78 Å². The van der Waals surface area contributed by atoms with Crippen LogP contribution in [0, 0.1) is 0 Å². The van der Waals surface area contributed by atoms with Crippen LogP contribution in [0.2, 0.25) is 0 Å². The number of nitrogen functional groups attached to an aromatic ring is 1. The number of nitrogens with one attached hydrogen (secondary N) is 1. The molecule has 84 valence electrons. The van der Waals surface area contributed by atoms with Gasteiger partial charge in [-0.1, -0.05) is 6.08 Å². The van der Waals surface area contributed by atoms with Gasteiger partial charge in [-0.25, -0.2) is 4.98 Å². The number of nitrogens with zero attached hydrogens (tertiary/aromatic N) is 3. The molecule has 2 rings (SSSR count). The summed E-state index contributed by atoms with van der Waals surface area (Å²) in [7, 11) is 0. The Bertz CT molecular complexity index is 585. The number of imidazole rings is 1. The van der Waals surface area contributed by atoms with E-state index in [2.05, 4.69) is 21.5 Å². The van der Waals surface area contributed by atoms with Crippen LogP contribution in [0.3, 0.4) is 0 Å². The van der Waals surface area contributed by atoms with Crippen LogP contribution in [0.5, 0.6) is 0 Å². The van der Waals surface area contributed by atoms with E-state index in [0.717, 1.165) is 0 Å². The summed E-state index contributed by atoms with van der Waals surface area (Å²) in [5, 5.41) is 9.41. The number of aliphatic hydroxyl groups excluding tert-OH is 1. The van der Waals surface area contributed by atoms with Crippen molar-refractivity contribution < 1.29 is 5.11 Å². The highest BCUT2D eigenvalue weighted by Crippen LogP contribution is 2.06. The number of anilines is 1. The first kappa shape index (κ1) is 10.4. The van der Waals surface area contributed by atoms with Crippen LogP contribution in [-0.2, 0) is 6.54 Å². The molecule has 2 aromatic heterocycles. The van der Waals surface area contributed by atoms with E-state index in [1.54, 1.807) is 0 Å². The zero-order valence-corrected chi connectivity index (χ0v) is 8.42. The van der Waals surface area contributed by atoms with Crippen LogP contribution < -0.4 is 11.3 Å². The fraction of sp³-hybridized carbons (Fsp3) is 0.222. The predicted molar refractivity (Wildman–Crippen MR) is 58.8 cm³/mol. The molecule has 0 amide bonds. The van der Waals surface area contributed by atoms with Gasteiger partial charge in [0.1, 0.15) is 0 Å². The quantitative estimate of drug-likeness (QED) is 0.590. The van der Waals surface area contributed by atoms with Crippen LogP contribution in [-0.4, -0.2) is 30.7 Å². The molecule has 0 fully saturated rings. The van der Waals surface area contributed by atoms with E-state index in [-0.39, 0.29) is 29.2 Å². The van der Waals surface area contributed by atoms with E-state index in [1.807, 2.05) is 0 Å². The van der Waals surface area contributed by atoms with E-state index >= 15 is 0 Å². The molecule has 4 N–H and O–H groups in total. The van der Waals surface area contributed by atoms with E-state index in [0.29, 0.717) is 0 Å². The van der Waals surface area contributed by atoms with E-state index in [4.69, 9.17) is 5.73 Å². The molecule has 0 spiro atoms. The van der Waals surface area contributed by atoms with E-state index in [1.165, 1.54) is 17.0 Å². The van der Waals surface area contributed by atoms with Crippen LogP contribution in [0.25, 0.3) is 11.2 Å². The van der Waals surface area contributed by atoms with Gasteiger partial charge in [0.25, 0.3) is 5.56 Å². The number of hydrogen-bond donors (Lipinski definition) is 3. The van der Waals surface area contributed by atoms with Gasteiger partial charge in [0.05, 0.1) is 19.0 Å². The van der Waals surface area contributed by atoms with Gasteiger partial charge in [0.15, 0.2) is 11.2 Å². The molecule has 0 bridgehead atoms. The van der Waals surface area contributed by atoms with Crippen molar-refractivity contribution in [2.75, 3.05) is 5.73 Å². The predicted octanol–water partition coefficient (Wildman–Crippen LogP) is -0.751. The van der Waals surface area contributed by atoms with Gasteiger partial charge in [0, 0.05) is 0 Å². The normalized spacial score (nSPS) is 12.8. The summed E-state index contributed by atoms with van der Waals surface area (Å²) in [5.74, 6) is 0.0204. The average molecular weight is 221 g/mol. The summed E-state index contributed by atoms with van der Waals surface area (Å²) in [5.41, 5.74) is 5.55. The van der Waals surface area contributed by atoms with Crippen molar-refractivity contribution in [3.63, 3.8) is 0 Å². The van der Waals surface area contributed by atoms with Crippen molar-refractivity contribution in [3.05, 3.63) is 29.3 Å². The Morgan fingerprint density at radius 2 is 2.50 bits per heavy atom. The van der Waals surface area contributed by atoms with Gasteiger partial charge in [-0.05, 0) is 0 Å². The molecular formula is C9H11N5O2. The number of rotatable bonds is 3. The molecule has 1 atom stereocenters. The largest absolute Gasteiger partial charge is 0.387 e. The first-order chi connectivity index (χ1) is 7.61. The van der Waals surface area contributed by atoms with Crippen molar-refractivity contribution in [1.82, 2.24) is 19.5 Å². The zero-order valence-electron chi connectivity index (χ0n) is 8.42. The fourth-order valence-corrected chi connectivity index (χ4v) is 1.42. The Hall–Kier alpha value is -2.15. The van der Waals surface area contributed by atoms with Gasteiger partial charge < -0.3 is 15.4 Å². The lowest BCUT2D eigenvalue weighted by molar-refractivity contribution is 0.203. The van der Waals surface area contributed by atoms with Gasteiger partial charge in [-0.2, -0.15) is 4.98 Å². The average Bonchev–Trinajstić information content (AvgIpc) is 2.61. The number of aromatic amines is 1. The highest BCUT2D eigenvalue weighted by atomic mass is 16.3. The third-order valence-corrected chi connectivity index (χ3v) is 2.16. The molecule has 2 heterocycles. The number of nitrogens with two attached hydrogens (primary N) is 1. The van der Waals surface area contributed by atoms with Crippen LogP contribution in [0.4, 0.5) is 5.95 Å². The Morgan fingerprint density at radius 1 is 1.75 bits per heavy atom. The Labute approximate surface area is 90.3 Å². The molecule has 7 heteroatoms. The van der Waals surface area contributed by atoms with Crippen molar-refractivity contribution in [3.8, 4) is 0 Å². The zero-order chi connectivity index (χ0) is 11.7. The number of aliphatic hydroxyl groups is 1. The Morgan fingerprint density at radius 3 is 3.19 bits per heavy atom. The summed E-state index contributed by atoms with van der Waals surface area (Å²) in [6, 6.07) is 0. The molecule has 2 aromatic rings. The lowest BCUT2D eigenvalue weighted by atomic mass is 10.3. The van der Waals surface area contributed by atoms with Crippen molar-refractivity contribution in [2.24, 2.45) is 0 Å². The maximum atomic E-state index is 11.6. The smallest absolute Gasteiger partial charge is 0.278 e. The molecule has 1 unspecified atom stereocenters. The molecule has 0 aliphatic carbocycles. The van der Waals surface area contributed by atoms with Crippen molar-refractivity contribution in [2.45, 2.75) is 12.6 Å². The molecule has 0 saturated carbocycles. The highest BCUT2D eigenvalue weighted by molar-refractivity contribution is 5.70. The summed E-state index contributed by atoms with van der Waals surface area (Å²) in [6.07, 6.45) is 2.07. The number of fused-ring (bicyclic) bond motifs is 1. The molecule has 0 aliphatic heterocycles. The lowest BCUT2D eigenvalue weighted by Gasteiger charge is -2.06. The Kier molecular flexibility index (Phi) is 2.45. The summed E-state index contributed by atoms with van der Waals surface area (Å²) < 4.78 is 1.51. The summed E-state index contributed by atoms with van der Waals surface area (Å²) >= 11 is 0. The maximum Gasteiger partial charge on any atom is 0.278 e. The van der Waals surface area contributed by atoms with Crippen LogP contribution >= 0.6 is 0 Å². The molecule has 7 nitrogen and oxygen atoms in total. The first-order valence-corrected chi connectivity index (χ1v) is 4.63. The topological polar surface area (TPSA) is 110 Å². The minimum atomic E-state index is -0.741. The minimum Gasteiger partial charge on any atom is -0.387 e. The molecule has 0 saturated heterocycles. The fourth-order valence-electron chi connectivity index (χ4n) is 1.42. The number of hydrogen-bond acceptors (Lipinski definition) is 5. The highest BCUT2D eigenvalue weighted by Gasteiger charge is 2.10. The third-order valence-electron chi connectivity index (χ3n) is 2.16. The number of H-pyrrole nitrogens is 1. The molecule has 0 radical (unpaired) electrons. The maximum absolute atomic E-state index is 11.6. The molecule has 0 aromatic carbocycles. The van der Waals surface area contributed by atoms with Gasteiger partial charge in [0.2, 0.25) is 5.95 Å². The Balaban J connectivity index is 2.56. The SMILES string of the molecule is C=CC(O)Cn1cnc2nc(N)[nH]c(=O)c21.